The van der Waals surface area contributed by atoms with E-state index in [1.807, 2.05) is 19.1 Å². The molecule has 3 aromatic rings. The number of aryl methyl sites for hydroxylation is 1. The summed E-state index contributed by atoms with van der Waals surface area (Å²) < 4.78 is 26.3. The van der Waals surface area contributed by atoms with Gasteiger partial charge >= 0.3 is 0 Å². The summed E-state index contributed by atoms with van der Waals surface area (Å²) in [6.45, 7) is 1.86. The molecule has 2 amide bonds. The van der Waals surface area contributed by atoms with Crippen molar-refractivity contribution in [2.75, 3.05) is 22.1 Å². The maximum absolute atomic E-state index is 13.3. The maximum atomic E-state index is 13.3. The number of nitrogen functional groups attached to an aromatic ring is 1. The molecule has 0 atom stereocenters. The van der Waals surface area contributed by atoms with Gasteiger partial charge in [-0.05, 0) is 36.8 Å². The van der Waals surface area contributed by atoms with Gasteiger partial charge in [0.1, 0.15) is 5.69 Å². The number of aromatic amines is 1. The maximum Gasteiger partial charge on any atom is 0.277 e. The summed E-state index contributed by atoms with van der Waals surface area (Å²) in [4.78, 5) is 43.0. The first-order valence-corrected chi connectivity index (χ1v) is 9.87. The number of nitrogens with one attached hydrogen (secondary N) is 3. The van der Waals surface area contributed by atoms with Gasteiger partial charge in [-0.1, -0.05) is 30.0 Å². The Morgan fingerprint density at radius 1 is 1.13 bits per heavy atom. The molecule has 5 N–H and O–H groups in total. The fraction of sp³-hybridized carbons (Fsp3) is 0.100. The second-order valence-corrected chi connectivity index (χ2v) is 7.33. The van der Waals surface area contributed by atoms with E-state index in [9.17, 15) is 23.2 Å². The second kappa shape index (κ2) is 9.39. The Hall–Kier alpha value is -3.73. The highest BCUT2D eigenvalue weighted by atomic mass is 32.2. The summed E-state index contributed by atoms with van der Waals surface area (Å²) in [7, 11) is 0. The first kappa shape index (κ1) is 22.0. The molecule has 2 aromatic carbocycles. The lowest BCUT2D eigenvalue weighted by atomic mass is 10.2. The quantitative estimate of drug-likeness (QED) is 0.341. The largest absolute Gasteiger partial charge is 0.382 e. The van der Waals surface area contributed by atoms with E-state index in [0.717, 1.165) is 29.5 Å². The fourth-order valence-electron chi connectivity index (χ4n) is 2.51. The molecule has 0 radical (unpaired) electrons. The van der Waals surface area contributed by atoms with Crippen LogP contribution in [0.4, 0.5) is 26.0 Å². The minimum absolute atomic E-state index is 0.0444. The Labute approximate surface area is 179 Å². The molecule has 0 fully saturated rings. The third-order valence-corrected chi connectivity index (χ3v) is 4.98. The van der Waals surface area contributed by atoms with Crippen molar-refractivity contribution in [1.82, 2.24) is 9.97 Å². The van der Waals surface area contributed by atoms with Crippen molar-refractivity contribution in [2.45, 2.75) is 12.1 Å². The minimum atomic E-state index is -1.21. The van der Waals surface area contributed by atoms with Crippen LogP contribution >= 0.6 is 11.8 Å². The third-order valence-electron chi connectivity index (χ3n) is 4.11. The van der Waals surface area contributed by atoms with Gasteiger partial charge in [0.05, 0.1) is 5.75 Å². The van der Waals surface area contributed by atoms with Crippen LogP contribution in [0.15, 0.2) is 52.4 Å². The number of carbonyl (C=O) groups is 2. The molecular formula is C20H17F2N5O3S. The van der Waals surface area contributed by atoms with Gasteiger partial charge in [0.15, 0.2) is 22.6 Å². The first-order chi connectivity index (χ1) is 14.7. The lowest BCUT2D eigenvalue weighted by Crippen LogP contribution is -2.23. The summed E-state index contributed by atoms with van der Waals surface area (Å²) >= 11 is 0.947. The van der Waals surface area contributed by atoms with Gasteiger partial charge in [0.25, 0.3) is 11.5 Å². The molecule has 31 heavy (non-hydrogen) atoms. The highest BCUT2D eigenvalue weighted by molar-refractivity contribution is 7.99. The standard InChI is InChI=1S/C20H17F2N5O3S/c1-10-4-2-3-5-14(10)24-15(28)9-31-20-26-17(23)16(19(30)27-20)25-18(29)11-6-7-12(21)13(22)8-11/h2-8H,9H2,1H3,(H,24,28)(H,25,29)(H3,23,26,27,30). The van der Waals surface area contributed by atoms with E-state index in [0.29, 0.717) is 11.8 Å². The fourth-order valence-corrected chi connectivity index (χ4v) is 3.18. The predicted octanol–water partition coefficient (Wildman–Crippen LogP) is 2.92. The highest BCUT2D eigenvalue weighted by Gasteiger charge is 2.16. The van der Waals surface area contributed by atoms with E-state index in [-0.39, 0.29) is 33.9 Å². The van der Waals surface area contributed by atoms with Gasteiger partial charge in [-0.25, -0.2) is 13.8 Å². The number of aromatic nitrogens is 2. The van der Waals surface area contributed by atoms with Crippen molar-refractivity contribution in [3.05, 3.63) is 75.6 Å². The zero-order valence-electron chi connectivity index (χ0n) is 16.2. The number of hydrogen-bond acceptors (Lipinski definition) is 6. The summed E-state index contributed by atoms with van der Waals surface area (Å²) in [6, 6.07) is 9.81. The molecule has 0 aliphatic heterocycles. The summed E-state index contributed by atoms with van der Waals surface area (Å²) in [5, 5.41) is 5.05. The van der Waals surface area contributed by atoms with Crippen LogP contribution in [-0.2, 0) is 4.79 Å². The molecule has 0 unspecified atom stereocenters. The van der Waals surface area contributed by atoms with Crippen LogP contribution in [0.3, 0.4) is 0 Å². The number of H-pyrrole nitrogens is 1. The summed E-state index contributed by atoms with van der Waals surface area (Å²) in [5.41, 5.74) is 6.02. The number of carbonyl (C=O) groups excluding carboxylic acids is 2. The first-order valence-electron chi connectivity index (χ1n) is 8.89. The Kier molecular flexibility index (Phi) is 6.65. The van der Waals surface area contributed by atoms with Gasteiger partial charge in [-0.3, -0.25) is 19.4 Å². The molecule has 1 aromatic heterocycles. The molecular weight excluding hydrogens is 428 g/mol. The normalized spacial score (nSPS) is 10.5. The van der Waals surface area contributed by atoms with E-state index in [4.69, 9.17) is 5.73 Å². The van der Waals surface area contributed by atoms with Gasteiger partial charge in [-0.2, -0.15) is 0 Å². The SMILES string of the molecule is Cc1ccccc1NC(=O)CSc1nc(N)c(NC(=O)c2ccc(F)c(F)c2)c(=O)[nH]1. The van der Waals surface area contributed by atoms with Crippen LogP contribution in [0.1, 0.15) is 15.9 Å². The van der Waals surface area contributed by atoms with Crippen molar-refractivity contribution < 1.29 is 18.4 Å². The molecule has 8 nitrogen and oxygen atoms in total. The Morgan fingerprint density at radius 3 is 2.55 bits per heavy atom. The Morgan fingerprint density at radius 2 is 1.87 bits per heavy atom. The lowest BCUT2D eigenvalue weighted by molar-refractivity contribution is -0.113. The third kappa shape index (κ3) is 5.45. The van der Waals surface area contributed by atoms with Crippen molar-refractivity contribution in [2.24, 2.45) is 0 Å². The minimum Gasteiger partial charge on any atom is -0.382 e. The zero-order valence-corrected chi connectivity index (χ0v) is 17.0. The number of nitrogens with two attached hydrogens (primary N) is 1. The molecule has 11 heteroatoms. The molecule has 160 valence electrons. The van der Waals surface area contributed by atoms with Crippen molar-refractivity contribution in [1.29, 1.82) is 0 Å². The van der Waals surface area contributed by atoms with E-state index in [2.05, 4.69) is 20.6 Å². The van der Waals surface area contributed by atoms with Crippen molar-refractivity contribution >= 4 is 40.8 Å². The topological polar surface area (TPSA) is 130 Å². The molecule has 0 aliphatic carbocycles. The van der Waals surface area contributed by atoms with Gasteiger partial charge in [-0.15, -0.1) is 0 Å². The number of thioether (sulfide) groups is 1. The van der Waals surface area contributed by atoms with E-state index in [1.54, 1.807) is 12.1 Å². The number of para-hydroxylation sites is 1. The number of halogens is 2. The second-order valence-electron chi connectivity index (χ2n) is 6.37. The Bertz CT molecular complexity index is 1220. The lowest BCUT2D eigenvalue weighted by Gasteiger charge is -2.09. The van der Waals surface area contributed by atoms with Crippen LogP contribution < -0.4 is 21.9 Å². The van der Waals surface area contributed by atoms with Crippen LogP contribution in [0.5, 0.6) is 0 Å². The van der Waals surface area contributed by atoms with Crippen molar-refractivity contribution in [3.63, 3.8) is 0 Å². The van der Waals surface area contributed by atoms with Gasteiger partial charge in [0.2, 0.25) is 5.91 Å². The number of benzene rings is 2. The molecule has 0 spiro atoms. The summed E-state index contributed by atoms with van der Waals surface area (Å²) in [5.74, 6) is -3.82. The number of amides is 2. The molecule has 1 heterocycles. The van der Waals surface area contributed by atoms with Crippen LogP contribution in [-0.4, -0.2) is 27.5 Å². The molecule has 0 saturated carbocycles. The van der Waals surface area contributed by atoms with E-state index in [1.165, 1.54) is 0 Å². The molecule has 0 aliphatic rings. The van der Waals surface area contributed by atoms with Gasteiger partial charge in [0, 0.05) is 11.3 Å². The number of rotatable bonds is 6. The molecule has 0 saturated heterocycles. The monoisotopic (exact) mass is 445 g/mol. The molecule has 0 bridgehead atoms. The predicted molar refractivity (Wildman–Crippen MR) is 114 cm³/mol. The smallest absolute Gasteiger partial charge is 0.277 e. The zero-order chi connectivity index (χ0) is 22.5. The van der Waals surface area contributed by atoms with E-state index < -0.39 is 23.1 Å². The Balaban J connectivity index is 1.66. The van der Waals surface area contributed by atoms with Crippen LogP contribution in [0, 0.1) is 18.6 Å². The number of anilines is 3. The number of hydrogen-bond donors (Lipinski definition) is 4. The number of nitrogens with zero attached hydrogens (tertiary/aromatic N) is 1. The van der Waals surface area contributed by atoms with Crippen LogP contribution in [0.25, 0.3) is 0 Å². The van der Waals surface area contributed by atoms with Gasteiger partial charge < -0.3 is 16.4 Å². The van der Waals surface area contributed by atoms with Crippen molar-refractivity contribution in [3.8, 4) is 0 Å². The molecule has 3 rings (SSSR count). The van der Waals surface area contributed by atoms with E-state index >= 15 is 0 Å². The average molecular weight is 445 g/mol. The summed E-state index contributed by atoms with van der Waals surface area (Å²) in [6.07, 6.45) is 0. The highest BCUT2D eigenvalue weighted by Crippen LogP contribution is 2.19. The average Bonchev–Trinajstić information content (AvgIpc) is 2.72. The van der Waals surface area contributed by atoms with Crippen LogP contribution in [0.2, 0.25) is 0 Å².